The Morgan fingerprint density at radius 2 is 1.77 bits per heavy atom. The number of rotatable bonds is 4. The molecule has 0 atom stereocenters. The molecule has 1 spiro atoms. The number of hydrogen-bond acceptors (Lipinski definition) is 4. The third-order valence-corrected chi connectivity index (χ3v) is 7.68. The smallest absolute Gasteiger partial charge is 0.260 e. The van der Waals surface area contributed by atoms with Gasteiger partial charge in [-0.2, -0.15) is 0 Å². The predicted octanol–water partition coefficient (Wildman–Crippen LogP) is 4.24. The van der Waals surface area contributed by atoms with Crippen molar-refractivity contribution in [3.63, 3.8) is 0 Å². The van der Waals surface area contributed by atoms with E-state index in [9.17, 15) is 9.59 Å². The van der Waals surface area contributed by atoms with Crippen LogP contribution >= 0.6 is 23.4 Å². The lowest BCUT2D eigenvalue weighted by Crippen LogP contribution is -2.54. The number of aryl methyl sites for hydroxylation is 1. The minimum Gasteiger partial charge on any atom is -0.484 e. The van der Waals surface area contributed by atoms with Gasteiger partial charge in [-0.3, -0.25) is 9.59 Å². The average Bonchev–Trinajstić information content (AvgIpc) is 3.16. The van der Waals surface area contributed by atoms with Crippen molar-refractivity contribution < 1.29 is 14.3 Å². The lowest BCUT2D eigenvalue weighted by atomic mass is 10.00. The molecule has 0 aromatic heterocycles. The first-order chi connectivity index (χ1) is 14.5. The molecule has 5 nitrogen and oxygen atoms in total. The normalized spacial score (nSPS) is 17.9. The lowest BCUT2D eigenvalue weighted by Gasteiger charge is -2.44. The van der Waals surface area contributed by atoms with Crippen LogP contribution in [0.5, 0.6) is 5.75 Å². The molecule has 2 fully saturated rings. The van der Waals surface area contributed by atoms with Gasteiger partial charge in [0.15, 0.2) is 6.61 Å². The number of ether oxygens (including phenoxy) is 1. The molecular formula is C23H25ClN2O3S. The number of amides is 2. The standard InChI is InChI=1S/C23H25ClN2O3S/c1-17-4-2-3-5-20(17)22(28)26-14-15-30-23(26)10-12-25(13-11-23)21(27)16-29-19-8-6-18(24)7-9-19/h2-9H,10-16H2,1H3. The van der Waals surface area contributed by atoms with E-state index in [4.69, 9.17) is 16.3 Å². The summed E-state index contributed by atoms with van der Waals surface area (Å²) in [6.45, 7) is 4.00. The van der Waals surface area contributed by atoms with Gasteiger partial charge in [0.1, 0.15) is 5.75 Å². The van der Waals surface area contributed by atoms with Crippen molar-refractivity contribution in [3.05, 3.63) is 64.7 Å². The summed E-state index contributed by atoms with van der Waals surface area (Å²) in [5, 5.41) is 0.633. The van der Waals surface area contributed by atoms with Crippen molar-refractivity contribution in [2.75, 3.05) is 32.0 Å². The zero-order valence-corrected chi connectivity index (χ0v) is 18.5. The predicted molar refractivity (Wildman–Crippen MR) is 120 cm³/mol. The molecule has 2 aromatic rings. The summed E-state index contributed by atoms with van der Waals surface area (Å²) < 4.78 is 5.60. The van der Waals surface area contributed by atoms with E-state index in [1.807, 2.05) is 52.8 Å². The fraction of sp³-hybridized carbons (Fsp3) is 0.391. The molecule has 0 N–H and O–H groups in total. The van der Waals surface area contributed by atoms with Crippen LogP contribution < -0.4 is 4.74 Å². The van der Waals surface area contributed by atoms with Crippen LogP contribution in [-0.4, -0.2) is 58.5 Å². The van der Waals surface area contributed by atoms with E-state index < -0.39 is 0 Å². The second-order valence-corrected chi connectivity index (χ2v) is 9.58. The van der Waals surface area contributed by atoms with Gasteiger partial charge in [-0.15, -0.1) is 11.8 Å². The van der Waals surface area contributed by atoms with Crippen molar-refractivity contribution in [1.29, 1.82) is 0 Å². The second kappa shape index (κ2) is 8.90. The topological polar surface area (TPSA) is 49.9 Å². The van der Waals surface area contributed by atoms with Crippen LogP contribution in [0.3, 0.4) is 0 Å². The SMILES string of the molecule is Cc1ccccc1C(=O)N1CCSC12CCN(C(=O)COc1ccc(Cl)cc1)CC2. The van der Waals surface area contributed by atoms with Crippen molar-refractivity contribution in [3.8, 4) is 5.75 Å². The second-order valence-electron chi connectivity index (χ2n) is 7.69. The van der Waals surface area contributed by atoms with Crippen molar-refractivity contribution >= 4 is 35.2 Å². The number of piperidine rings is 1. The van der Waals surface area contributed by atoms with E-state index in [0.717, 1.165) is 36.3 Å². The largest absolute Gasteiger partial charge is 0.484 e. The number of carbonyl (C=O) groups is 2. The number of likely N-dealkylation sites (tertiary alicyclic amines) is 1. The molecule has 30 heavy (non-hydrogen) atoms. The molecule has 2 heterocycles. The van der Waals surface area contributed by atoms with Gasteiger partial charge >= 0.3 is 0 Å². The molecule has 4 rings (SSSR count). The van der Waals surface area contributed by atoms with Crippen LogP contribution in [0.15, 0.2) is 48.5 Å². The average molecular weight is 445 g/mol. The van der Waals surface area contributed by atoms with Gasteiger partial charge in [-0.1, -0.05) is 29.8 Å². The van der Waals surface area contributed by atoms with E-state index in [0.29, 0.717) is 23.9 Å². The molecule has 2 aliphatic rings. The third kappa shape index (κ3) is 4.30. The van der Waals surface area contributed by atoms with Gasteiger partial charge in [0, 0.05) is 36.0 Å². The Kier molecular flexibility index (Phi) is 6.25. The highest BCUT2D eigenvalue weighted by Crippen LogP contribution is 2.44. The Balaban J connectivity index is 1.36. The van der Waals surface area contributed by atoms with E-state index >= 15 is 0 Å². The molecular weight excluding hydrogens is 420 g/mol. The molecule has 0 saturated carbocycles. The molecule has 2 aliphatic heterocycles. The zero-order chi connectivity index (χ0) is 21.1. The monoisotopic (exact) mass is 444 g/mol. The Bertz CT molecular complexity index is 926. The van der Waals surface area contributed by atoms with E-state index in [1.165, 1.54) is 0 Å². The van der Waals surface area contributed by atoms with E-state index in [-0.39, 0.29) is 23.3 Å². The maximum absolute atomic E-state index is 13.2. The molecule has 2 amide bonds. The zero-order valence-electron chi connectivity index (χ0n) is 17.0. The summed E-state index contributed by atoms with van der Waals surface area (Å²) in [6.07, 6.45) is 1.56. The Morgan fingerprint density at radius 1 is 1.07 bits per heavy atom. The first kappa shape index (κ1) is 21.1. The van der Waals surface area contributed by atoms with Crippen molar-refractivity contribution in [1.82, 2.24) is 9.80 Å². The quantitative estimate of drug-likeness (QED) is 0.707. The maximum atomic E-state index is 13.2. The molecule has 158 valence electrons. The molecule has 0 radical (unpaired) electrons. The Morgan fingerprint density at radius 3 is 2.47 bits per heavy atom. The minimum atomic E-state index is -0.215. The van der Waals surface area contributed by atoms with Crippen LogP contribution in [0.1, 0.15) is 28.8 Å². The van der Waals surface area contributed by atoms with Gasteiger partial charge < -0.3 is 14.5 Å². The first-order valence-electron chi connectivity index (χ1n) is 10.2. The number of hydrogen-bond donors (Lipinski definition) is 0. The van der Waals surface area contributed by atoms with E-state index in [2.05, 4.69) is 0 Å². The fourth-order valence-corrected chi connectivity index (χ4v) is 5.72. The number of thioether (sulfide) groups is 1. The van der Waals surface area contributed by atoms with Gasteiger partial charge in [0.05, 0.1) is 4.87 Å². The Hall–Kier alpha value is -2.18. The van der Waals surface area contributed by atoms with Crippen LogP contribution in [0, 0.1) is 6.92 Å². The van der Waals surface area contributed by atoms with Crippen LogP contribution in [0.4, 0.5) is 0 Å². The summed E-state index contributed by atoms with van der Waals surface area (Å²) in [6, 6.07) is 14.7. The summed E-state index contributed by atoms with van der Waals surface area (Å²) in [4.78, 5) is 29.5. The van der Waals surface area contributed by atoms with Gasteiger partial charge in [0.2, 0.25) is 0 Å². The fourth-order valence-electron chi connectivity index (χ4n) is 4.14. The molecule has 0 aliphatic carbocycles. The van der Waals surface area contributed by atoms with Crippen molar-refractivity contribution in [2.24, 2.45) is 0 Å². The number of nitrogens with zero attached hydrogens (tertiary/aromatic N) is 2. The number of carbonyl (C=O) groups excluding carboxylic acids is 2. The molecule has 2 saturated heterocycles. The summed E-state index contributed by atoms with van der Waals surface area (Å²) in [7, 11) is 0. The molecule has 7 heteroatoms. The van der Waals surface area contributed by atoms with Crippen molar-refractivity contribution in [2.45, 2.75) is 24.6 Å². The van der Waals surface area contributed by atoms with Gasteiger partial charge in [0.25, 0.3) is 11.8 Å². The van der Waals surface area contributed by atoms with Gasteiger partial charge in [-0.05, 0) is 55.7 Å². The molecule has 2 aromatic carbocycles. The maximum Gasteiger partial charge on any atom is 0.260 e. The van der Waals surface area contributed by atoms with Gasteiger partial charge in [-0.25, -0.2) is 0 Å². The summed E-state index contributed by atoms with van der Waals surface area (Å²) in [5.41, 5.74) is 1.77. The highest BCUT2D eigenvalue weighted by Gasteiger charge is 2.47. The highest BCUT2D eigenvalue weighted by molar-refractivity contribution is 8.00. The van der Waals surface area contributed by atoms with E-state index in [1.54, 1.807) is 24.3 Å². The lowest BCUT2D eigenvalue weighted by molar-refractivity contribution is -0.135. The summed E-state index contributed by atoms with van der Waals surface area (Å²) >= 11 is 7.73. The molecule has 0 bridgehead atoms. The number of benzene rings is 2. The van der Waals surface area contributed by atoms with Crippen LogP contribution in [0.25, 0.3) is 0 Å². The highest BCUT2D eigenvalue weighted by atomic mass is 35.5. The van der Waals surface area contributed by atoms with Crippen LogP contribution in [-0.2, 0) is 4.79 Å². The number of halogens is 1. The third-order valence-electron chi connectivity index (χ3n) is 5.87. The molecule has 0 unspecified atom stereocenters. The van der Waals surface area contributed by atoms with Crippen LogP contribution in [0.2, 0.25) is 5.02 Å². The minimum absolute atomic E-state index is 0.00757. The first-order valence-corrected chi connectivity index (χ1v) is 11.5. The Labute approximate surface area is 186 Å². The summed E-state index contributed by atoms with van der Waals surface area (Å²) in [5.74, 6) is 1.64.